The Balaban J connectivity index is 1.63. The van der Waals surface area contributed by atoms with E-state index in [0.29, 0.717) is 30.0 Å². The highest BCUT2D eigenvalue weighted by Crippen LogP contribution is 2.20. The Kier molecular flexibility index (Phi) is 4.25. The first kappa shape index (κ1) is 16.7. The standard InChI is InChI=1S/C18H15FN6O2/c19-12-3-1-11(2-4-12)5-6-20-15-9-14(24-25-8-7-21-16(15)25)13-10-22-18(27)23-17(13)26/h1-4,7-10,20H,5-6H2,(H2,22,23,26,27). The van der Waals surface area contributed by atoms with E-state index in [1.54, 1.807) is 35.1 Å². The summed E-state index contributed by atoms with van der Waals surface area (Å²) in [5.41, 5.74) is 1.83. The van der Waals surface area contributed by atoms with E-state index < -0.39 is 11.2 Å². The van der Waals surface area contributed by atoms with Crippen molar-refractivity contribution in [1.29, 1.82) is 0 Å². The average molecular weight is 366 g/mol. The number of anilines is 1. The molecule has 1 aromatic carbocycles. The Morgan fingerprint density at radius 1 is 1.19 bits per heavy atom. The maximum atomic E-state index is 13.0. The Bertz CT molecular complexity index is 1210. The minimum absolute atomic E-state index is 0.242. The first-order valence-corrected chi connectivity index (χ1v) is 8.25. The van der Waals surface area contributed by atoms with Gasteiger partial charge in [0.1, 0.15) is 11.5 Å². The van der Waals surface area contributed by atoms with Crippen LogP contribution in [-0.2, 0) is 6.42 Å². The average Bonchev–Trinajstić information content (AvgIpc) is 3.12. The number of nitrogens with zero attached hydrogens (tertiary/aromatic N) is 3. The van der Waals surface area contributed by atoms with E-state index >= 15 is 0 Å². The number of H-pyrrole nitrogens is 2. The predicted octanol–water partition coefficient (Wildman–Crippen LogP) is 1.57. The lowest BCUT2D eigenvalue weighted by atomic mass is 10.1. The molecule has 0 fully saturated rings. The molecule has 0 amide bonds. The van der Waals surface area contributed by atoms with Crippen LogP contribution in [-0.4, -0.2) is 31.1 Å². The lowest BCUT2D eigenvalue weighted by Gasteiger charge is -2.10. The highest BCUT2D eigenvalue weighted by atomic mass is 19.1. The molecule has 3 heterocycles. The summed E-state index contributed by atoms with van der Waals surface area (Å²) < 4.78 is 14.5. The zero-order valence-corrected chi connectivity index (χ0v) is 14.1. The topological polar surface area (TPSA) is 108 Å². The van der Waals surface area contributed by atoms with Gasteiger partial charge in [0.05, 0.1) is 11.3 Å². The second kappa shape index (κ2) is 6.87. The van der Waals surface area contributed by atoms with Crippen LogP contribution in [0.2, 0.25) is 0 Å². The number of hydrogen-bond acceptors (Lipinski definition) is 5. The van der Waals surface area contributed by atoms with Gasteiger partial charge in [0.15, 0.2) is 5.65 Å². The van der Waals surface area contributed by atoms with E-state index in [9.17, 15) is 14.0 Å². The van der Waals surface area contributed by atoms with Crippen LogP contribution in [0.25, 0.3) is 16.9 Å². The van der Waals surface area contributed by atoms with Crippen molar-refractivity contribution >= 4 is 11.3 Å². The molecular weight excluding hydrogens is 351 g/mol. The quantitative estimate of drug-likeness (QED) is 0.497. The molecule has 0 aliphatic carbocycles. The van der Waals surface area contributed by atoms with Crippen LogP contribution in [0.5, 0.6) is 0 Å². The van der Waals surface area contributed by atoms with Gasteiger partial charge in [-0.05, 0) is 30.2 Å². The predicted molar refractivity (Wildman–Crippen MR) is 98.3 cm³/mol. The van der Waals surface area contributed by atoms with Gasteiger partial charge in [-0.15, -0.1) is 0 Å². The molecule has 27 heavy (non-hydrogen) atoms. The molecule has 3 aromatic heterocycles. The molecular formula is C18H15FN6O2. The normalized spacial score (nSPS) is 11.0. The van der Waals surface area contributed by atoms with Crippen LogP contribution in [0.4, 0.5) is 10.1 Å². The van der Waals surface area contributed by atoms with Gasteiger partial charge >= 0.3 is 5.69 Å². The van der Waals surface area contributed by atoms with Gasteiger partial charge in [-0.25, -0.2) is 18.7 Å². The molecule has 0 spiro atoms. The fourth-order valence-corrected chi connectivity index (χ4v) is 2.77. The Labute approximate surface area is 151 Å². The lowest BCUT2D eigenvalue weighted by Crippen LogP contribution is -2.23. The van der Waals surface area contributed by atoms with Crippen LogP contribution in [0, 0.1) is 5.82 Å². The Morgan fingerprint density at radius 2 is 2.00 bits per heavy atom. The second-order valence-corrected chi connectivity index (χ2v) is 5.93. The van der Waals surface area contributed by atoms with Gasteiger partial charge in [0.2, 0.25) is 0 Å². The molecule has 4 rings (SSSR count). The van der Waals surface area contributed by atoms with Crippen molar-refractivity contribution in [3.63, 3.8) is 0 Å². The van der Waals surface area contributed by atoms with E-state index in [2.05, 4.69) is 25.4 Å². The summed E-state index contributed by atoms with van der Waals surface area (Å²) >= 11 is 0. The van der Waals surface area contributed by atoms with Crippen LogP contribution in [0.1, 0.15) is 5.56 Å². The third-order valence-corrected chi connectivity index (χ3v) is 4.10. The molecule has 0 saturated carbocycles. The number of rotatable bonds is 5. The number of imidazole rings is 1. The van der Waals surface area contributed by atoms with Gasteiger partial charge in [0, 0.05) is 25.1 Å². The van der Waals surface area contributed by atoms with Crippen LogP contribution in [0.3, 0.4) is 0 Å². The fourth-order valence-electron chi connectivity index (χ4n) is 2.77. The third kappa shape index (κ3) is 3.47. The number of benzene rings is 1. The van der Waals surface area contributed by atoms with Gasteiger partial charge in [-0.2, -0.15) is 5.10 Å². The molecule has 8 nitrogen and oxygen atoms in total. The molecule has 9 heteroatoms. The van der Waals surface area contributed by atoms with Crippen molar-refractivity contribution in [1.82, 2.24) is 24.6 Å². The van der Waals surface area contributed by atoms with Crippen molar-refractivity contribution in [2.24, 2.45) is 0 Å². The molecule has 0 aliphatic rings. The maximum Gasteiger partial charge on any atom is 0.325 e. The smallest absolute Gasteiger partial charge is 0.325 e. The zero-order chi connectivity index (χ0) is 18.8. The van der Waals surface area contributed by atoms with Gasteiger partial charge in [-0.3, -0.25) is 9.78 Å². The lowest BCUT2D eigenvalue weighted by molar-refractivity contribution is 0.627. The maximum absolute atomic E-state index is 13.0. The number of fused-ring (bicyclic) bond motifs is 1. The number of aromatic amines is 2. The van der Waals surface area contributed by atoms with Gasteiger partial charge in [0.25, 0.3) is 5.56 Å². The Hall–Kier alpha value is -3.75. The SMILES string of the molecule is O=c1[nH]cc(-c2cc(NCCc3ccc(F)cc3)c3nccn3n2)c(=O)[nH]1. The minimum Gasteiger partial charge on any atom is -0.382 e. The highest BCUT2D eigenvalue weighted by Gasteiger charge is 2.11. The molecule has 0 atom stereocenters. The van der Waals surface area contributed by atoms with E-state index in [-0.39, 0.29) is 11.4 Å². The first-order valence-electron chi connectivity index (χ1n) is 8.25. The van der Waals surface area contributed by atoms with E-state index in [4.69, 9.17) is 0 Å². The molecule has 0 unspecified atom stereocenters. The Morgan fingerprint density at radius 3 is 2.78 bits per heavy atom. The van der Waals surface area contributed by atoms with Crippen molar-refractivity contribution in [2.75, 3.05) is 11.9 Å². The van der Waals surface area contributed by atoms with Gasteiger partial charge in [-0.1, -0.05) is 12.1 Å². The molecule has 3 N–H and O–H groups in total. The summed E-state index contributed by atoms with van der Waals surface area (Å²) in [5, 5.41) is 7.64. The van der Waals surface area contributed by atoms with E-state index in [0.717, 1.165) is 5.56 Å². The third-order valence-electron chi connectivity index (χ3n) is 4.10. The first-order chi connectivity index (χ1) is 13.1. The van der Waals surface area contributed by atoms with Gasteiger partial charge < -0.3 is 10.3 Å². The molecule has 0 radical (unpaired) electrons. The summed E-state index contributed by atoms with van der Waals surface area (Å²) in [6.45, 7) is 0.583. The molecule has 0 bridgehead atoms. The largest absolute Gasteiger partial charge is 0.382 e. The summed E-state index contributed by atoms with van der Waals surface area (Å²) in [6.07, 6.45) is 5.29. The summed E-state index contributed by atoms with van der Waals surface area (Å²) in [6, 6.07) is 8.03. The molecule has 136 valence electrons. The van der Waals surface area contributed by atoms with E-state index in [1.807, 2.05) is 0 Å². The number of halogens is 1. The van der Waals surface area contributed by atoms with Crippen molar-refractivity contribution in [3.8, 4) is 11.3 Å². The highest BCUT2D eigenvalue weighted by molar-refractivity contribution is 5.73. The van der Waals surface area contributed by atoms with Crippen LogP contribution < -0.4 is 16.6 Å². The molecule has 0 saturated heterocycles. The van der Waals surface area contributed by atoms with Crippen molar-refractivity contribution in [2.45, 2.75) is 6.42 Å². The molecule has 4 aromatic rings. The van der Waals surface area contributed by atoms with Crippen LogP contribution in [0.15, 0.2) is 58.5 Å². The number of aromatic nitrogens is 5. The monoisotopic (exact) mass is 366 g/mol. The number of nitrogens with one attached hydrogen (secondary N) is 3. The van der Waals surface area contributed by atoms with E-state index in [1.165, 1.54) is 18.3 Å². The summed E-state index contributed by atoms with van der Waals surface area (Å²) in [5.74, 6) is -0.268. The second-order valence-electron chi connectivity index (χ2n) is 5.93. The van der Waals surface area contributed by atoms with Crippen LogP contribution >= 0.6 is 0 Å². The fraction of sp³-hybridized carbons (Fsp3) is 0.111. The summed E-state index contributed by atoms with van der Waals surface area (Å²) in [4.78, 5) is 32.2. The number of hydrogen-bond donors (Lipinski definition) is 3. The minimum atomic E-state index is -0.579. The van der Waals surface area contributed by atoms with Crippen molar-refractivity contribution in [3.05, 3.63) is 81.1 Å². The summed E-state index contributed by atoms with van der Waals surface area (Å²) in [7, 11) is 0. The molecule has 0 aliphatic heterocycles. The zero-order valence-electron chi connectivity index (χ0n) is 14.1. The van der Waals surface area contributed by atoms with Crippen molar-refractivity contribution < 1.29 is 4.39 Å².